The second kappa shape index (κ2) is 7.16. The lowest BCUT2D eigenvalue weighted by Crippen LogP contribution is -2.40. The van der Waals surface area contributed by atoms with Crippen LogP contribution in [0.1, 0.15) is 12.8 Å². The average molecular weight is 338 g/mol. The first kappa shape index (κ1) is 16.6. The van der Waals surface area contributed by atoms with E-state index in [9.17, 15) is 10.2 Å². The van der Waals surface area contributed by atoms with E-state index in [-0.39, 0.29) is 6.61 Å². The summed E-state index contributed by atoms with van der Waals surface area (Å²) in [6.07, 6.45) is 1.65. The van der Waals surface area contributed by atoms with Gasteiger partial charge < -0.3 is 19.7 Å². The van der Waals surface area contributed by atoms with Crippen LogP contribution in [0, 0.1) is 5.92 Å². The van der Waals surface area contributed by atoms with E-state index in [0.29, 0.717) is 19.0 Å². The van der Waals surface area contributed by atoms with Crippen LogP contribution in [0.2, 0.25) is 0 Å². The number of aliphatic hydroxyl groups excluding tert-OH is 2. The first-order chi connectivity index (χ1) is 12.3. The number of rotatable bonds is 5. The lowest BCUT2D eigenvalue weighted by molar-refractivity contribution is 0.0691. The molecular weight excluding hydrogens is 312 g/mol. The van der Waals surface area contributed by atoms with E-state index in [4.69, 9.17) is 0 Å². The number of hydrogen-bond donors (Lipinski definition) is 2. The fourth-order valence-corrected chi connectivity index (χ4v) is 4.12. The minimum atomic E-state index is -0.398. The van der Waals surface area contributed by atoms with E-state index < -0.39 is 6.10 Å². The van der Waals surface area contributed by atoms with Gasteiger partial charge in [-0.1, -0.05) is 36.4 Å². The maximum absolute atomic E-state index is 10.7. The Kier molecular flexibility index (Phi) is 4.75. The fraction of sp³-hybridized carbons (Fsp3) is 0.429. The van der Waals surface area contributed by atoms with Crippen molar-refractivity contribution in [1.29, 1.82) is 0 Å². The van der Waals surface area contributed by atoms with Crippen molar-refractivity contribution in [2.75, 3.05) is 26.2 Å². The molecule has 0 amide bonds. The normalized spacial score (nSPS) is 18.2. The summed E-state index contributed by atoms with van der Waals surface area (Å²) in [6, 6.07) is 16.8. The maximum atomic E-state index is 10.7. The van der Waals surface area contributed by atoms with Crippen molar-refractivity contribution in [3.8, 4) is 0 Å². The molecule has 1 unspecified atom stereocenters. The van der Waals surface area contributed by atoms with Crippen molar-refractivity contribution in [2.24, 2.45) is 5.92 Å². The number of likely N-dealkylation sites (tertiary alicyclic amines) is 1. The van der Waals surface area contributed by atoms with E-state index in [1.807, 2.05) is 0 Å². The molecule has 0 aliphatic carbocycles. The maximum Gasteiger partial charge on any atom is 0.0845 e. The van der Waals surface area contributed by atoms with Gasteiger partial charge >= 0.3 is 0 Å². The summed E-state index contributed by atoms with van der Waals surface area (Å²) in [6.45, 7) is 3.52. The van der Waals surface area contributed by atoms with Gasteiger partial charge in [-0.25, -0.2) is 0 Å². The van der Waals surface area contributed by atoms with Crippen molar-refractivity contribution in [3.63, 3.8) is 0 Å². The fourth-order valence-electron chi connectivity index (χ4n) is 4.12. The molecule has 1 fully saturated rings. The molecule has 4 rings (SSSR count). The van der Waals surface area contributed by atoms with E-state index >= 15 is 0 Å². The summed E-state index contributed by atoms with van der Waals surface area (Å²) in [5.41, 5.74) is 2.36. The highest BCUT2D eigenvalue weighted by atomic mass is 16.3. The molecule has 1 saturated heterocycles. The van der Waals surface area contributed by atoms with Gasteiger partial charge in [-0.3, -0.25) is 0 Å². The first-order valence-corrected chi connectivity index (χ1v) is 9.23. The van der Waals surface area contributed by atoms with Crippen LogP contribution in [0.15, 0.2) is 48.5 Å². The largest absolute Gasteiger partial charge is 0.396 e. The Morgan fingerprint density at radius 1 is 0.880 bits per heavy atom. The van der Waals surface area contributed by atoms with Gasteiger partial charge in [0.25, 0.3) is 0 Å². The minimum Gasteiger partial charge on any atom is -0.396 e. The molecule has 0 radical (unpaired) electrons. The lowest BCUT2D eigenvalue weighted by Gasteiger charge is -2.32. The third kappa shape index (κ3) is 3.30. The van der Waals surface area contributed by atoms with Crippen molar-refractivity contribution >= 4 is 21.8 Å². The minimum absolute atomic E-state index is 0.289. The highest BCUT2D eigenvalue weighted by Gasteiger charge is 2.21. The van der Waals surface area contributed by atoms with Gasteiger partial charge in [-0.2, -0.15) is 0 Å². The summed E-state index contributed by atoms with van der Waals surface area (Å²) in [4.78, 5) is 2.32. The Hall–Kier alpha value is -1.88. The third-order valence-electron chi connectivity index (χ3n) is 5.51. The Bertz CT molecular complexity index is 796. The second-order valence-corrected chi connectivity index (χ2v) is 7.23. The van der Waals surface area contributed by atoms with Gasteiger partial charge in [0.15, 0.2) is 0 Å². The van der Waals surface area contributed by atoms with E-state index in [1.165, 1.54) is 21.8 Å². The predicted octanol–water partition coefficient (Wildman–Crippen LogP) is 2.86. The van der Waals surface area contributed by atoms with E-state index in [2.05, 4.69) is 58.0 Å². The number of piperidine rings is 1. The highest BCUT2D eigenvalue weighted by molar-refractivity contribution is 6.07. The number of β-amino-alcohol motifs (C(OH)–C–C–N with tert-alkyl or cyclic N) is 1. The van der Waals surface area contributed by atoms with Gasteiger partial charge in [0.1, 0.15) is 0 Å². The van der Waals surface area contributed by atoms with Gasteiger partial charge in [-0.05, 0) is 44.0 Å². The van der Waals surface area contributed by atoms with Gasteiger partial charge in [0, 0.05) is 35.0 Å². The van der Waals surface area contributed by atoms with Crippen molar-refractivity contribution < 1.29 is 10.2 Å². The molecule has 0 saturated carbocycles. The Balaban J connectivity index is 1.54. The van der Waals surface area contributed by atoms with Crippen LogP contribution in [0.4, 0.5) is 0 Å². The molecule has 3 aromatic rings. The van der Waals surface area contributed by atoms with Crippen LogP contribution in [-0.2, 0) is 6.54 Å². The molecule has 132 valence electrons. The van der Waals surface area contributed by atoms with Crippen molar-refractivity contribution in [1.82, 2.24) is 9.47 Å². The zero-order valence-electron chi connectivity index (χ0n) is 14.5. The van der Waals surface area contributed by atoms with Gasteiger partial charge in [-0.15, -0.1) is 0 Å². The van der Waals surface area contributed by atoms with Crippen LogP contribution in [0.25, 0.3) is 21.8 Å². The molecule has 2 aromatic carbocycles. The van der Waals surface area contributed by atoms with Gasteiger partial charge in [0.05, 0.1) is 12.6 Å². The summed E-state index contributed by atoms with van der Waals surface area (Å²) in [5, 5.41) is 22.5. The Labute approximate surface area is 148 Å². The van der Waals surface area contributed by atoms with E-state index in [1.54, 1.807) is 0 Å². The van der Waals surface area contributed by atoms with Crippen LogP contribution >= 0.6 is 0 Å². The lowest BCUT2D eigenvalue weighted by atomic mass is 9.98. The zero-order chi connectivity index (χ0) is 17.2. The predicted molar refractivity (Wildman–Crippen MR) is 102 cm³/mol. The summed E-state index contributed by atoms with van der Waals surface area (Å²) in [5.74, 6) is 0.436. The molecular formula is C21H26N2O2. The number of fused-ring (bicyclic) bond motifs is 3. The molecule has 2 heterocycles. The molecule has 1 atom stereocenters. The molecule has 4 nitrogen and oxygen atoms in total. The summed E-state index contributed by atoms with van der Waals surface area (Å²) >= 11 is 0. The van der Waals surface area contributed by atoms with Crippen LogP contribution in [0.5, 0.6) is 0 Å². The molecule has 1 aliphatic heterocycles. The van der Waals surface area contributed by atoms with Crippen molar-refractivity contribution in [2.45, 2.75) is 25.5 Å². The van der Waals surface area contributed by atoms with Crippen LogP contribution in [0.3, 0.4) is 0 Å². The topological polar surface area (TPSA) is 48.6 Å². The first-order valence-electron chi connectivity index (χ1n) is 9.23. The number of hydrogen-bond acceptors (Lipinski definition) is 3. The molecule has 1 aromatic heterocycles. The summed E-state index contributed by atoms with van der Waals surface area (Å²) in [7, 11) is 0. The molecule has 2 N–H and O–H groups in total. The Morgan fingerprint density at radius 2 is 1.44 bits per heavy atom. The SMILES string of the molecule is OCC1CCN(CC(O)Cn2c3ccccc3c3ccccc32)CC1. The zero-order valence-corrected chi connectivity index (χ0v) is 14.5. The Morgan fingerprint density at radius 3 is 2.00 bits per heavy atom. The van der Waals surface area contributed by atoms with Gasteiger partial charge in [0.2, 0.25) is 0 Å². The molecule has 25 heavy (non-hydrogen) atoms. The third-order valence-corrected chi connectivity index (χ3v) is 5.51. The molecule has 0 bridgehead atoms. The second-order valence-electron chi connectivity index (χ2n) is 7.23. The number of aromatic nitrogens is 1. The number of nitrogens with zero attached hydrogens (tertiary/aromatic N) is 2. The quantitative estimate of drug-likeness (QED) is 0.752. The number of para-hydroxylation sites is 2. The number of benzene rings is 2. The number of aliphatic hydroxyl groups is 2. The summed E-state index contributed by atoms with van der Waals surface area (Å²) < 4.78 is 2.25. The van der Waals surface area contributed by atoms with Crippen LogP contribution in [-0.4, -0.2) is 52.0 Å². The van der Waals surface area contributed by atoms with Crippen LogP contribution < -0.4 is 0 Å². The average Bonchev–Trinajstić information content (AvgIpc) is 2.97. The molecule has 1 aliphatic rings. The highest BCUT2D eigenvalue weighted by Crippen LogP contribution is 2.29. The molecule has 4 heteroatoms. The standard InChI is InChI=1S/C21H26N2O2/c24-15-16-9-11-22(12-10-16)13-17(25)14-23-20-7-3-1-5-18(20)19-6-2-4-8-21(19)23/h1-8,16-17,24-25H,9-15H2. The van der Waals surface area contributed by atoms with Crippen molar-refractivity contribution in [3.05, 3.63) is 48.5 Å². The van der Waals surface area contributed by atoms with E-state index in [0.717, 1.165) is 25.9 Å². The monoisotopic (exact) mass is 338 g/mol. The smallest absolute Gasteiger partial charge is 0.0845 e. The molecule has 0 spiro atoms.